The number of nitrogens with zero attached hydrogens (tertiary/aromatic N) is 3. The molecule has 0 amide bonds. The molecule has 0 atom stereocenters. The van der Waals surface area contributed by atoms with E-state index < -0.39 is 11.6 Å². The SMILES string of the molecule is CCc1c(C(=O)OC)nnn1CC(C)(C)O. The monoisotopic (exact) mass is 227 g/mol. The molecule has 0 spiro atoms. The van der Waals surface area contributed by atoms with Crippen LogP contribution in [0, 0.1) is 0 Å². The molecule has 0 aliphatic rings. The summed E-state index contributed by atoms with van der Waals surface area (Å²) in [6.45, 7) is 5.53. The van der Waals surface area contributed by atoms with Crippen LogP contribution in [0.5, 0.6) is 0 Å². The van der Waals surface area contributed by atoms with Gasteiger partial charge < -0.3 is 9.84 Å². The zero-order valence-electron chi connectivity index (χ0n) is 10.0. The topological polar surface area (TPSA) is 77.2 Å². The highest BCUT2D eigenvalue weighted by Crippen LogP contribution is 2.12. The van der Waals surface area contributed by atoms with Gasteiger partial charge in [-0.1, -0.05) is 12.1 Å². The molecule has 0 unspecified atom stereocenters. The Labute approximate surface area is 94.2 Å². The highest BCUT2D eigenvalue weighted by atomic mass is 16.5. The van der Waals surface area contributed by atoms with Crippen LogP contribution in [0.3, 0.4) is 0 Å². The number of esters is 1. The summed E-state index contributed by atoms with van der Waals surface area (Å²) in [7, 11) is 1.30. The van der Waals surface area contributed by atoms with Gasteiger partial charge in [-0.25, -0.2) is 9.48 Å². The van der Waals surface area contributed by atoms with Gasteiger partial charge in [-0.2, -0.15) is 0 Å². The lowest BCUT2D eigenvalue weighted by atomic mass is 10.1. The number of rotatable bonds is 4. The molecule has 1 aromatic heterocycles. The molecule has 0 saturated carbocycles. The Morgan fingerprint density at radius 2 is 2.19 bits per heavy atom. The molecule has 0 bridgehead atoms. The smallest absolute Gasteiger partial charge is 0.360 e. The summed E-state index contributed by atoms with van der Waals surface area (Å²) in [5, 5.41) is 17.3. The summed E-state index contributed by atoms with van der Waals surface area (Å²) in [5.74, 6) is -0.501. The molecule has 1 aromatic rings. The van der Waals surface area contributed by atoms with Crippen molar-refractivity contribution in [2.45, 2.75) is 39.3 Å². The van der Waals surface area contributed by atoms with Gasteiger partial charge in [-0.3, -0.25) is 0 Å². The van der Waals surface area contributed by atoms with E-state index in [4.69, 9.17) is 0 Å². The van der Waals surface area contributed by atoms with Crippen molar-refractivity contribution in [3.05, 3.63) is 11.4 Å². The summed E-state index contributed by atoms with van der Waals surface area (Å²) in [6, 6.07) is 0. The van der Waals surface area contributed by atoms with Crippen molar-refractivity contribution in [1.29, 1.82) is 0 Å². The average Bonchev–Trinajstić information content (AvgIpc) is 2.57. The zero-order valence-corrected chi connectivity index (χ0v) is 10.0. The minimum Gasteiger partial charge on any atom is -0.464 e. The van der Waals surface area contributed by atoms with E-state index in [1.54, 1.807) is 13.8 Å². The largest absolute Gasteiger partial charge is 0.464 e. The number of methoxy groups -OCH3 is 1. The van der Waals surface area contributed by atoms with E-state index in [2.05, 4.69) is 15.0 Å². The fraction of sp³-hybridized carbons (Fsp3) is 0.700. The van der Waals surface area contributed by atoms with Crippen molar-refractivity contribution < 1.29 is 14.6 Å². The van der Waals surface area contributed by atoms with E-state index in [0.717, 1.165) is 0 Å². The van der Waals surface area contributed by atoms with Crippen LogP contribution < -0.4 is 0 Å². The van der Waals surface area contributed by atoms with E-state index in [1.807, 2.05) is 6.92 Å². The zero-order chi connectivity index (χ0) is 12.3. The Kier molecular flexibility index (Phi) is 3.64. The third-order valence-electron chi connectivity index (χ3n) is 2.09. The number of hydrogen-bond donors (Lipinski definition) is 1. The van der Waals surface area contributed by atoms with Gasteiger partial charge in [-0.05, 0) is 20.3 Å². The average molecular weight is 227 g/mol. The Morgan fingerprint density at radius 1 is 1.56 bits per heavy atom. The molecule has 1 heterocycles. The van der Waals surface area contributed by atoms with Crippen molar-refractivity contribution in [3.63, 3.8) is 0 Å². The fourth-order valence-electron chi connectivity index (χ4n) is 1.43. The second-order valence-corrected chi connectivity index (χ2v) is 4.20. The third kappa shape index (κ3) is 2.79. The summed E-state index contributed by atoms with van der Waals surface area (Å²) in [4.78, 5) is 11.4. The Hall–Kier alpha value is -1.43. The highest BCUT2D eigenvalue weighted by Gasteiger charge is 2.22. The number of aromatic nitrogens is 3. The van der Waals surface area contributed by atoms with Crippen LogP contribution in [0.2, 0.25) is 0 Å². The first-order chi connectivity index (χ1) is 7.39. The third-order valence-corrected chi connectivity index (χ3v) is 2.09. The first kappa shape index (κ1) is 12.6. The van der Waals surface area contributed by atoms with Gasteiger partial charge in [0.2, 0.25) is 0 Å². The lowest BCUT2D eigenvalue weighted by Gasteiger charge is -2.17. The molecule has 0 aromatic carbocycles. The van der Waals surface area contributed by atoms with Crippen LogP contribution >= 0.6 is 0 Å². The van der Waals surface area contributed by atoms with Gasteiger partial charge in [0.1, 0.15) is 0 Å². The summed E-state index contributed by atoms with van der Waals surface area (Å²) in [6.07, 6.45) is 0.605. The van der Waals surface area contributed by atoms with E-state index in [9.17, 15) is 9.90 Å². The van der Waals surface area contributed by atoms with E-state index in [0.29, 0.717) is 18.7 Å². The van der Waals surface area contributed by atoms with Crippen LogP contribution in [0.15, 0.2) is 0 Å². The number of carbonyl (C=O) groups excluding carboxylic acids is 1. The standard InChI is InChI=1S/C10H17N3O3/c1-5-7-8(9(14)16-4)11-12-13(7)6-10(2,3)15/h15H,5-6H2,1-4H3. The number of aliphatic hydroxyl groups is 1. The molecule has 0 aliphatic carbocycles. The molecule has 0 aliphatic heterocycles. The van der Waals surface area contributed by atoms with E-state index in [1.165, 1.54) is 11.8 Å². The first-order valence-electron chi connectivity index (χ1n) is 5.12. The summed E-state index contributed by atoms with van der Waals surface area (Å²) >= 11 is 0. The second kappa shape index (κ2) is 4.61. The maximum atomic E-state index is 11.4. The number of carbonyl (C=O) groups is 1. The summed E-state index contributed by atoms with van der Waals surface area (Å²) in [5.41, 5.74) is -0.00593. The van der Waals surface area contributed by atoms with Gasteiger partial charge >= 0.3 is 5.97 Å². The van der Waals surface area contributed by atoms with Crippen LogP contribution in [0.1, 0.15) is 37.0 Å². The number of hydrogen-bond acceptors (Lipinski definition) is 5. The van der Waals surface area contributed by atoms with Crippen LogP contribution in [0.25, 0.3) is 0 Å². The van der Waals surface area contributed by atoms with E-state index in [-0.39, 0.29) is 5.69 Å². The molecule has 0 saturated heterocycles. The molecule has 1 N–H and O–H groups in total. The van der Waals surface area contributed by atoms with Crippen molar-refractivity contribution >= 4 is 5.97 Å². The number of ether oxygens (including phenoxy) is 1. The first-order valence-corrected chi connectivity index (χ1v) is 5.12. The Bertz CT molecular complexity index is 379. The van der Waals surface area contributed by atoms with Gasteiger partial charge in [0.25, 0.3) is 0 Å². The second-order valence-electron chi connectivity index (χ2n) is 4.20. The van der Waals surface area contributed by atoms with Crippen LogP contribution in [-0.4, -0.2) is 38.8 Å². The van der Waals surface area contributed by atoms with Gasteiger partial charge in [0.05, 0.1) is 24.9 Å². The van der Waals surface area contributed by atoms with Gasteiger partial charge in [-0.15, -0.1) is 5.10 Å². The molecule has 0 fully saturated rings. The Balaban J connectivity index is 3.04. The highest BCUT2D eigenvalue weighted by molar-refractivity contribution is 5.88. The molecular weight excluding hydrogens is 210 g/mol. The minimum atomic E-state index is -0.898. The summed E-state index contributed by atoms with van der Waals surface area (Å²) < 4.78 is 6.14. The minimum absolute atomic E-state index is 0.217. The van der Waals surface area contributed by atoms with E-state index >= 15 is 0 Å². The normalized spacial score (nSPS) is 11.6. The maximum absolute atomic E-state index is 11.4. The van der Waals surface area contributed by atoms with Crippen LogP contribution in [-0.2, 0) is 17.7 Å². The lowest BCUT2D eigenvalue weighted by molar-refractivity contribution is 0.0553. The van der Waals surface area contributed by atoms with Gasteiger partial charge in [0.15, 0.2) is 5.69 Å². The van der Waals surface area contributed by atoms with Crippen molar-refractivity contribution in [3.8, 4) is 0 Å². The quantitative estimate of drug-likeness (QED) is 0.753. The fourth-order valence-corrected chi connectivity index (χ4v) is 1.43. The van der Waals surface area contributed by atoms with Crippen molar-refractivity contribution in [1.82, 2.24) is 15.0 Å². The van der Waals surface area contributed by atoms with Crippen LogP contribution in [0.4, 0.5) is 0 Å². The molecule has 0 radical (unpaired) electrons. The maximum Gasteiger partial charge on any atom is 0.360 e. The molecule has 16 heavy (non-hydrogen) atoms. The molecule has 6 heteroatoms. The molecule has 90 valence electrons. The Morgan fingerprint density at radius 3 is 2.62 bits per heavy atom. The molecular formula is C10H17N3O3. The molecule has 1 rings (SSSR count). The predicted octanol–water partition coefficient (Wildman–Crippen LogP) is 0.398. The van der Waals surface area contributed by atoms with Crippen molar-refractivity contribution in [2.24, 2.45) is 0 Å². The molecule has 6 nitrogen and oxygen atoms in total. The predicted molar refractivity (Wildman–Crippen MR) is 57.0 cm³/mol. The lowest BCUT2D eigenvalue weighted by Crippen LogP contribution is -2.28. The van der Waals surface area contributed by atoms with Gasteiger partial charge in [0, 0.05) is 0 Å². The van der Waals surface area contributed by atoms with Crippen molar-refractivity contribution in [2.75, 3.05) is 7.11 Å².